The van der Waals surface area contributed by atoms with Gasteiger partial charge in [-0.3, -0.25) is 0 Å². The van der Waals surface area contributed by atoms with Crippen LogP contribution in [-0.4, -0.2) is 13.7 Å². The lowest BCUT2D eigenvalue weighted by Crippen LogP contribution is -2.16. The maximum atomic E-state index is 12.8. The van der Waals surface area contributed by atoms with Crippen molar-refractivity contribution in [2.45, 2.75) is 19.1 Å². The number of nitrogens with one attached hydrogen (secondary N) is 1. The average molecular weight is 375 g/mol. The summed E-state index contributed by atoms with van der Waals surface area (Å²) in [5.74, 6) is 1.94. The van der Waals surface area contributed by atoms with Crippen LogP contribution in [0.15, 0.2) is 65.1 Å². The van der Waals surface area contributed by atoms with E-state index in [1.54, 1.807) is 25.3 Å². The number of hydrogen-bond acceptors (Lipinski definition) is 3. The number of methoxy groups -OCH3 is 1. The fourth-order valence-corrected chi connectivity index (χ4v) is 2.82. The van der Waals surface area contributed by atoms with Gasteiger partial charge in [0.05, 0.1) is 19.2 Å². The number of hydrogen-bond donors (Lipinski definition) is 1. The molecule has 142 valence electrons. The van der Waals surface area contributed by atoms with Crippen LogP contribution in [-0.2, 0) is 19.1 Å². The number of alkyl halides is 3. The van der Waals surface area contributed by atoms with Gasteiger partial charge in [0.2, 0.25) is 0 Å². The van der Waals surface area contributed by atoms with Gasteiger partial charge in [-0.1, -0.05) is 30.3 Å². The molecule has 0 aliphatic heterocycles. The Balaban J connectivity index is 1.57. The first-order valence-electron chi connectivity index (χ1n) is 8.56. The summed E-state index contributed by atoms with van der Waals surface area (Å²) in [6.07, 6.45) is -3.57. The van der Waals surface area contributed by atoms with E-state index in [1.807, 2.05) is 24.3 Å². The molecule has 6 heteroatoms. The fraction of sp³-hybridized carbons (Fsp3) is 0.238. The number of para-hydroxylation sites is 1. The lowest BCUT2D eigenvalue weighted by atomic mass is 10.1. The monoisotopic (exact) mass is 375 g/mol. The summed E-state index contributed by atoms with van der Waals surface area (Å²) in [6, 6.07) is 16.4. The molecule has 3 aromatic rings. The molecule has 0 saturated heterocycles. The second-order valence-corrected chi connectivity index (χ2v) is 6.08. The molecule has 0 amide bonds. The zero-order chi connectivity index (χ0) is 19.3. The fourth-order valence-electron chi connectivity index (χ4n) is 2.82. The first-order chi connectivity index (χ1) is 13.0. The van der Waals surface area contributed by atoms with Crippen LogP contribution in [0.4, 0.5) is 13.2 Å². The molecule has 3 rings (SSSR count). The predicted molar refractivity (Wildman–Crippen MR) is 97.6 cm³/mol. The molecule has 1 N–H and O–H groups in total. The normalized spacial score (nSPS) is 11.6. The highest BCUT2D eigenvalue weighted by Crippen LogP contribution is 2.32. The van der Waals surface area contributed by atoms with Gasteiger partial charge in [-0.25, -0.2) is 0 Å². The Morgan fingerprint density at radius 1 is 1.00 bits per heavy atom. The van der Waals surface area contributed by atoms with Gasteiger partial charge in [-0.05, 0) is 48.9 Å². The Hall–Kier alpha value is -2.73. The topological polar surface area (TPSA) is 34.4 Å². The summed E-state index contributed by atoms with van der Waals surface area (Å²) >= 11 is 0. The second kappa shape index (κ2) is 8.31. The maximum Gasteiger partial charge on any atom is 0.416 e. The number of ether oxygens (including phenoxy) is 1. The van der Waals surface area contributed by atoms with Crippen LogP contribution >= 0.6 is 0 Å². The van der Waals surface area contributed by atoms with Crippen LogP contribution in [0, 0.1) is 0 Å². The molecule has 1 aromatic heterocycles. The van der Waals surface area contributed by atoms with Gasteiger partial charge in [-0.2, -0.15) is 13.2 Å². The Morgan fingerprint density at radius 2 is 1.81 bits per heavy atom. The van der Waals surface area contributed by atoms with E-state index in [2.05, 4.69) is 5.32 Å². The van der Waals surface area contributed by atoms with Crippen molar-refractivity contribution in [3.05, 3.63) is 77.6 Å². The molecule has 0 spiro atoms. The molecule has 0 saturated carbocycles. The molecule has 27 heavy (non-hydrogen) atoms. The Kier molecular flexibility index (Phi) is 5.86. The van der Waals surface area contributed by atoms with Gasteiger partial charge in [0.25, 0.3) is 0 Å². The first kappa shape index (κ1) is 19.0. The molecule has 0 unspecified atom stereocenters. The smallest absolute Gasteiger partial charge is 0.416 e. The molecule has 0 aliphatic rings. The highest BCUT2D eigenvalue weighted by Gasteiger charge is 2.30. The van der Waals surface area contributed by atoms with Crippen molar-refractivity contribution >= 4 is 0 Å². The van der Waals surface area contributed by atoms with Crippen LogP contribution in [0.25, 0.3) is 11.3 Å². The summed E-state index contributed by atoms with van der Waals surface area (Å²) in [7, 11) is 1.64. The SMILES string of the molecule is COc1ccccc1CCNCc1ccc(-c2cccc(C(F)(F)F)c2)o1. The summed E-state index contributed by atoms with van der Waals surface area (Å²) in [4.78, 5) is 0. The van der Waals surface area contributed by atoms with E-state index < -0.39 is 11.7 Å². The molecule has 0 fully saturated rings. The van der Waals surface area contributed by atoms with E-state index in [9.17, 15) is 13.2 Å². The van der Waals surface area contributed by atoms with Crippen LogP contribution in [0.2, 0.25) is 0 Å². The molecule has 0 radical (unpaired) electrons. The van der Waals surface area contributed by atoms with E-state index >= 15 is 0 Å². The molecular formula is C21H20F3NO2. The Morgan fingerprint density at radius 3 is 2.59 bits per heavy atom. The van der Waals surface area contributed by atoms with Crippen LogP contribution in [0.5, 0.6) is 5.75 Å². The third kappa shape index (κ3) is 4.92. The minimum Gasteiger partial charge on any atom is -0.496 e. The summed E-state index contributed by atoms with van der Waals surface area (Å²) in [6.45, 7) is 1.22. The molecule has 0 atom stereocenters. The molecule has 3 nitrogen and oxygen atoms in total. The number of benzene rings is 2. The van der Waals surface area contributed by atoms with Gasteiger partial charge >= 0.3 is 6.18 Å². The largest absolute Gasteiger partial charge is 0.496 e. The van der Waals surface area contributed by atoms with Crippen molar-refractivity contribution in [3.8, 4) is 17.1 Å². The van der Waals surface area contributed by atoms with Crippen molar-refractivity contribution in [2.24, 2.45) is 0 Å². The quantitative estimate of drug-likeness (QED) is 0.569. The van der Waals surface area contributed by atoms with E-state index in [0.717, 1.165) is 36.4 Å². The zero-order valence-electron chi connectivity index (χ0n) is 14.8. The molecular weight excluding hydrogens is 355 g/mol. The van der Waals surface area contributed by atoms with E-state index in [4.69, 9.17) is 9.15 Å². The average Bonchev–Trinajstić information content (AvgIpc) is 3.14. The number of furan rings is 1. The minimum atomic E-state index is -4.37. The minimum absolute atomic E-state index is 0.407. The Bertz CT molecular complexity index is 887. The molecule has 0 aliphatic carbocycles. The summed E-state index contributed by atoms with van der Waals surface area (Å²) < 4.78 is 49.5. The highest BCUT2D eigenvalue weighted by atomic mass is 19.4. The number of rotatable bonds is 7. The van der Waals surface area contributed by atoms with E-state index in [0.29, 0.717) is 23.6 Å². The van der Waals surface area contributed by atoms with Crippen molar-refractivity contribution < 1.29 is 22.3 Å². The van der Waals surface area contributed by atoms with E-state index in [-0.39, 0.29) is 0 Å². The third-order valence-corrected chi connectivity index (χ3v) is 4.20. The van der Waals surface area contributed by atoms with Gasteiger partial charge in [-0.15, -0.1) is 0 Å². The van der Waals surface area contributed by atoms with Crippen molar-refractivity contribution in [1.29, 1.82) is 0 Å². The van der Waals surface area contributed by atoms with E-state index in [1.165, 1.54) is 6.07 Å². The number of halogens is 3. The first-order valence-corrected chi connectivity index (χ1v) is 8.56. The summed E-state index contributed by atoms with van der Waals surface area (Å²) in [5.41, 5.74) is 0.828. The van der Waals surface area contributed by atoms with Crippen molar-refractivity contribution in [2.75, 3.05) is 13.7 Å². The maximum absolute atomic E-state index is 12.8. The van der Waals surface area contributed by atoms with Gasteiger partial charge in [0.1, 0.15) is 17.3 Å². The van der Waals surface area contributed by atoms with Crippen LogP contribution < -0.4 is 10.1 Å². The lowest BCUT2D eigenvalue weighted by Gasteiger charge is -2.08. The van der Waals surface area contributed by atoms with Gasteiger partial charge in [0, 0.05) is 5.56 Å². The zero-order valence-corrected chi connectivity index (χ0v) is 14.8. The Labute approximate surface area is 155 Å². The van der Waals surface area contributed by atoms with Crippen LogP contribution in [0.1, 0.15) is 16.9 Å². The van der Waals surface area contributed by atoms with Crippen molar-refractivity contribution in [3.63, 3.8) is 0 Å². The molecule has 0 bridgehead atoms. The van der Waals surface area contributed by atoms with Gasteiger partial charge in [0.15, 0.2) is 0 Å². The summed E-state index contributed by atoms with van der Waals surface area (Å²) in [5, 5.41) is 3.27. The molecule has 1 heterocycles. The third-order valence-electron chi connectivity index (χ3n) is 4.20. The second-order valence-electron chi connectivity index (χ2n) is 6.08. The molecule has 2 aromatic carbocycles. The highest BCUT2D eigenvalue weighted by molar-refractivity contribution is 5.58. The van der Waals surface area contributed by atoms with Crippen LogP contribution in [0.3, 0.4) is 0 Å². The predicted octanol–water partition coefficient (Wildman–Crippen LogP) is 5.31. The van der Waals surface area contributed by atoms with Crippen molar-refractivity contribution in [1.82, 2.24) is 5.32 Å². The lowest BCUT2D eigenvalue weighted by molar-refractivity contribution is -0.137. The standard InChI is InChI=1S/C21H20F3NO2/c1-26-19-8-3-2-5-15(19)11-12-25-14-18-9-10-20(27-18)16-6-4-7-17(13-16)21(22,23)24/h2-10,13,25H,11-12,14H2,1H3. The van der Waals surface area contributed by atoms with Gasteiger partial charge < -0.3 is 14.5 Å².